The van der Waals surface area contributed by atoms with Gasteiger partial charge in [-0.15, -0.1) is 0 Å². The second-order valence-corrected chi connectivity index (χ2v) is 5.24. The molecule has 3 rings (SSSR count). The Bertz CT molecular complexity index is 868. The van der Waals surface area contributed by atoms with Crippen LogP contribution in [-0.4, -0.2) is 15.9 Å². The van der Waals surface area contributed by atoms with E-state index in [0.717, 1.165) is 5.52 Å². The number of fused-ring (bicyclic) bond motifs is 1. The summed E-state index contributed by atoms with van der Waals surface area (Å²) in [6.45, 7) is 1.68. The predicted octanol–water partition coefficient (Wildman–Crippen LogP) is 4.32. The number of hydrogen-bond donors (Lipinski definition) is 0. The molecule has 122 valence electrons. The molecule has 0 radical (unpaired) electrons. The summed E-state index contributed by atoms with van der Waals surface area (Å²) in [4.78, 5) is 29.1. The maximum atomic E-state index is 11.0. The smallest absolute Gasteiger partial charge is 0.355 e. The minimum absolute atomic E-state index is 0.242. The fourth-order valence-electron chi connectivity index (χ4n) is 1.85. The van der Waals surface area contributed by atoms with Crippen LogP contribution in [0.15, 0.2) is 48.7 Å². The van der Waals surface area contributed by atoms with Crippen molar-refractivity contribution in [1.82, 2.24) is 9.97 Å². The normalized spacial score (nSPS) is 10.4. The Kier molecular flexibility index (Phi) is 4.77. The summed E-state index contributed by atoms with van der Waals surface area (Å²) in [7, 11) is 0. The third-order valence-corrected chi connectivity index (χ3v) is 3.28. The number of aromatic nitrogens is 2. The Hall–Kier alpha value is -2.86. The number of carbonyl (C=O) groups is 1. The fraction of sp³-hybridized carbons (Fsp3) is 0.118. The molecule has 3 aromatic rings. The van der Waals surface area contributed by atoms with Crippen molar-refractivity contribution in [2.45, 2.75) is 13.3 Å². The standard InChI is InChI=1S/C17H13ClN2O4/c1-2-17(21)24-23-13-6-4-12(5-7-13)22-16-10-19-14-8-3-11(18)9-15(14)20-16/h3-10H,2H2,1H3. The van der Waals surface area contributed by atoms with Crippen LogP contribution in [0.1, 0.15) is 13.3 Å². The van der Waals surface area contributed by atoms with Gasteiger partial charge in [0.2, 0.25) is 5.88 Å². The van der Waals surface area contributed by atoms with Crippen molar-refractivity contribution in [2.24, 2.45) is 0 Å². The molecule has 0 amide bonds. The third kappa shape index (κ3) is 3.91. The highest BCUT2D eigenvalue weighted by atomic mass is 35.5. The number of nitrogens with zero attached hydrogens (tertiary/aromatic N) is 2. The predicted molar refractivity (Wildman–Crippen MR) is 88.1 cm³/mol. The quantitative estimate of drug-likeness (QED) is 0.507. The van der Waals surface area contributed by atoms with E-state index >= 15 is 0 Å². The number of carbonyl (C=O) groups excluding carboxylic acids is 1. The number of hydrogen-bond acceptors (Lipinski definition) is 6. The summed E-state index contributed by atoms with van der Waals surface area (Å²) >= 11 is 5.95. The van der Waals surface area contributed by atoms with Crippen LogP contribution in [0, 0.1) is 0 Å². The molecule has 0 unspecified atom stereocenters. The van der Waals surface area contributed by atoms with Crippen molar-refractivity contribution < 1.29 is 19.3 Å². The molecular weight excluding hydrogens is 332 g/mol. The van der Waals surface area contributed by atoms with Crippen LogP contribution in [-0.2, 0) is 9.68 Å². The molecule has 6 nitrogen and oxygen atoms in total. The summed E-state index contributed by atoms with van der Waals surface area (Å²) < 4.78 is 5.65. The van der Waals surface area contributed by atoms with E-state index in [1.807, 2.05) is 0 Å². The van der Waals surface area contributed by atoms with Gasteiger partial charge >= 0.3 is 5.97 Å². The second-order valence-electron chi connectivity index (χ2n) is 4.81. The lowest BCUT2D eigenvalue weighted by Gasteiger charge is -2.07. The lowest BCUT2D eigenvalue weighted by molar-refractivity contribution is -0.213. The molecule has 0 saturated carbocycles. The first-order chi connectivity index (χ1) is 11.6. The van der Waals surface area contributed by atoms with E-state index in [1.165, 1.54) is 6.20 Å². The van der Waals surface area contributed by atoms with Crippen molar-refractivity contribution in [3.63, 3.8) is 0 Å². The average Bonchev–Trinajstić information content (AvgIpc) is 2.60. The van der Waals surface area contributed by atoms with Crippen LogP contribution in [0.4, 0.5) is 0 Å². The van der Waals surface area contributed by atoms with Gasteiger partial charge in [0.05, 0.1) is 17.2 Å². The topological polar surface area (TPSA) is 70.5 Å². The molecule has 2 aromatic carbocycles. The first-order valence-electron chi connectivity index (χ1n) is 7.21. The van der Waals surface area contributed by atoms with E-state index in [4.69, 9.17) is 21.2 Å². The molecule has 0 aliphatic heterocycles. The minimum Gasteiger partial charge on any atom is -0.437 e. The number of rotatable bonds is 5. The van der Waals surface area contributed by atoms with E-state index < -0.39 is 5.97 Å². The molecule has 0 aliphatic carbocycles. The van der Waals surface area contributed by atoms with E-state index in [1.54, 1.807) is 49.4 Å². The maximum Gasteiger partial charge on any atom is 0.355 e. The summed E-state index contributed by atoms with van der Waals surface area (Å²) in [5.41, 5.74) is 1.37. The Morgan fingerprint density at radius 1 is 1.08 bits per heavy atom. The highest BCUT2D eigenvalue weighted by molar-refractivity contribution is 6.31. The molecule has 0 N–H and O–H groups in total. The monoisotopic (exact) mass is 344 g/mol. The summed E-state index contributed by atoms with van der Waals surface area (Å²) in [6, 6.07) is 11.8. The van der Waals surface area contributed by atoms with Crippen molar-refractivity contribution in [2.75, 3.05) is 0 Å². The molecule has 0 atom stereocenters. The van der Waals surface area contributed by atoms with Crippen LogP contribution >= 0.6 is 11.6 Å². The Morgan fingerprint density at radius 2 is 1.83 bits per heavy atom. The lowest BCUT2D eigenvalue weighted by Crippen LogP contribution is -2.05. The molecule has 0 aliphatic rings. The Balaban J connectivity index is 1.70. The van der Waals surface area contributed by atoms with E-state index in [0.29, 0.717) is 27.9 Å². The average molecular weight is 345 g/mol. The first kappa shape index (κ1) is 16.0. The molecule has 1 heterocycles. The molecule has 0 saturated heterocycles. The van der Waals surface area contributed by atoms with Gasteiger partial charge in [-0.05, 0) is 42.5 Å². The van der Waals surface area contributed by atoms with Gasteiger partial charge in [-0.2, -0.15) is 0 Å². The molecule has 1 aromatic heterocycles. The van der Waals surface area contributed by atoms with Gasteiger partial charge in [0.25, 0.3) is 0 Å². The van der Waals surface area contributed by atoms with E-state index in [2.05, 4.69) is 14.9 Å². The van der Waals surface area contributed by atoms with Crippen molar-refractivity contribution in [3.8, 4) is 17.4 Å². The maximum absolute atomic E-state index is 11.0. The highest BCUT2D eigenvalue weighted by Crippen LogP contribution is 2.24. The molecule has 0 bridgehead atoms. The van der Waals surface area contributed by atoms with Crippen molar-refractivity contribution in [1.29, 1.82) is 0 Å². The largest absolute Gasteiger partial charge is 0.437 e. The lowest BCUT2D eigenvalue weighted by atomic mass is 10.3. The van der Waals surface area contributed by atoms with Crippen LogP contribution in [0.3, 0.4) is 0 Å². The number of benzene rings is 2. The molecular formula is C17H13ClN2O4. The van der Waals surface area contributed by atoms with Gasteiger partial charge in [0.15, 0.2) is 5.75 Å². The first-order valence-corrected chi connectivity index (χ1v) is 7.59. The minimum atomic E-state index is -0.444. The summed E-state index contributed by atoms with van der Waals surface area (Å²) in [5, 5.41) is 0.581. The van der Waals surface area contributed by atoms with Gasteiger partial charge in [0, 0.05) is 11.4 Å². The van der Waals surface area contributed by atoms with E-state index in [9.17, 15) is 4.79 Å². The van der Waals surface area contributed by atoms with Gasteiger partial charge in [-0.3, -0.25) is 9.78 Å². The van der Waals surface area contributed by atoms with E-state index in [-0.39, 0.29) is 6.42 Å². The Labute approximate surface area is 142 Å². The zero-order chi connectivity index (χ0) is 16.9. The van der Waals surface area contributed by atoms with Gasteiger partial charge in [-0.1, -0.05) is 18.5 Å². The van der Waals surface area contributed by atoms with Gasteiger partial charge < -0.3 is 4.74 Å². The van der Waals surface area contributed by atoms with Crippen molar-refractivity contribution >= 4 is 28.6 Å². The number of halogens is 1. The van der Waals surface area contributed by atoms with Crippen LogP contribution in [0.5, 0.6) is 17.4 Å². The second kappa shape index (κ2) is 7.14. The van der Waals surface area contributed by atoms with Gasteiger partial charge in [-0.25, -0.2) is 14.8 Å². The molecule has 7 heteroatoms. The van der Waals surface area contributed by atoms with Gasteiger partial charge in [0.1, 0.15) is 5.75 Å². The fourth-order valence-corrected chi connectivity index (χ4v) is 2.02. The van der Waals surface area contributed by atoms with Crippen LogP contribution in [0.2, 0.25) is 5.02 Å². The van der Waals surface area contributed by atoms with Crippen LogP contribution in [0.25, 0.3) is 11.0 Å². The SMILES string of the molecule is CCC(=O)OOc1ccc(Oc2cnc3ccc(Cl)cc3n2)cc1. The number of ether oxygens (including phenoxy) is 1. The Morgan fingerprint density at radius 3 is 2.58 bits per heavy atom. The molecule has 0 fully saturated rings. The molecule has 24 heavy (non-hydrogen) atoms. The van der Waals surface area contributed by atoms with Crippen LogP contribution < -0.4 is 9.62 Å². The third-order valence-electron chi connectivity index (χ3n) is 3.05. The zero-order valence-electron chi connectivity index (χ0n) is 12.7. The summed E-state index contributed by atoms with van der Waals surface area (Å²) in [6.07, 6.45) is 1.77. The molecule has 0 spiro atoms. The zero-order valence-corrected chi connectivity index (χ0v) is 13.5. The summed E-state index contributed by atoms with van der Waals surface area (Å²) in [5.74, 6) is 0.830. The highest BCUT2D eigenvalue weighted by Gasteiger charge is 2.05. The van der Waals surface area contributed by atoms with Crippen molar-refractivity contribution in [3.05, 3.63) is 53.7 Å².